The van der Waals surface area contributed by atoms with Crippen LogP contribution in [0.5, 0.6) is 11.5 Å². The van der Waals surface area contributed by atoms with Crippen LogP contribution in [-0.4, -0.2) is 29.7 Å². The highest BCUT2D eigenvalue weighted by molar-refractivity contribution is 7.14. The van der Waals surface area contributed by atoms with Gasteiger partial charge in [0, 0.05) is 41.0 Å². The number of ether oxygens (including phenoxy) is 2. The van der Waals surface area contributed by atoms with E-state index in [2.05, 4.69) is 46.1 Å². The highest BCUT2D eigenvalue weighted by Gasteiger charge is 2.13. The summed E-state index contributed by atoms with van der Waals surface area (Å²) < 4.78 is 11.5. The molecule has 4 aromatic rings. The number of anilines is 1. The van der Waals surface area contributed by atoms with E-state index < -0.39 is 0 Å². The molecule has 5 rings (SSSR count). The Morgan fingerprint density at radius 1 is 1.07 bits per heavy atom. The molecule has 0 radical (unpaired) electrons. The first kappa shape index (κ1) is 17.1. The van der Waals surface area contributed by atoms with Crippen LogP contribution in [0.3, 0.4) is 0 Å². The summed E-state index contributed by atoms with van der Waals surface area (Å²) >= 11 is 1.62. The number of aromatic nitrogens is 2. The Morgan fingerprint density at radius 2 is 1.96 bits per heavy atom. The Hall–Kier alpha value is -2.99. The third kappa shape index (κ3) is 3.43. The van der Waals surface area contributed by atoms with E-state index in [0.29, 0.717) is 13.2 Å². The fraction of sp³-hybridized carbons (Fsp3) is 0.227. The lowest BCUT2D eigenvalue weighted by molar-refractivity contribution is 0.297. The van der Waals surface area contributed by atoms with Gasteiger partial charge >= 0.3 is 0 Å². The minimum Gasteiger partial charge on any atom is -0.490 e. The molecule has 2 aromatic carbocycles. The number of rotatable bonds is 5. The molecule has 0 aliphatic carbocycles. The van der Waals surface area contributed by atoms with Crippen LogP contribution < -0.4 is 14.8 Å². The van der Waals surface area contributed by atoms with E-state index in [9.17, 15) is 0 Å². The fourth-order valence-corrected chi connectivity index (χ4v) is 4.20. The number of fused-ring (bicyclic) bond motifs is 2. The molecule has 1 aliphatic rings. The maximum atomic E-state index is 5.79. The van der Waals surface area contributed by atoms with Crippen molar-refractivity contribution in [3.63, 3.8) is 0 Å². The Kier molecular flexibility index (Phi) is 4.62. The highest BCUT2D eigenvalue weighted by atomic mass is 32.1. The molecule has 0 fully saturated rings. The lowest BCUT2D eigenvalue weighted by Gasteiger charge is -2.08. The van der Waals surface area contributed by atoms with Gasteiger partial charge in [-0.05, 0) is 36.2 Å². The summed E-state index contributed by atoms with van der Waals surface area (Å²) in [6.07, 6.45) is 3.95. The molecule has 0 saturated heterocycles. The van der Waals surface area contributed by atoms with E-state index in [-0.39, 0.29) is 0 Å². The lowest BCUT2D eigenvalue weighted by Crippen LogP contribution is -2.04. The van der Waals surface area contributed by atoms with Gasteiger partial charge in [-0.1, -0.05) is 18.2 Å². The van der Waals surface area contributed by atoms with Gasteiger partial charge in [-0.15, -0.1) is 11.3 Å². The van der Waals surface area contributed by atoms with Crippen LogP contribution in [0.4, 0.5) is 5.13 Å². The van der Waals surface area contributed by atoms with Crippen LogP contribution in [0.25, 0.3) is 22.2 Å². The van der Waals surface area contributed by atoms with Gasteiger partial charge in [-0.2, -0.15) is 0 Å². The van der Waals surface area contributed by atoms with Gasteiger partial charge < -0.3 is 19.8 Å². The summed E-state index contributed by atoms with van der Waals surface area (Å²) in [5, 5.41) is 7.75. The zero-order chi connectivity index (χ0) is 18.8. The van der Waals surface area contributed by atoms with Crippen molar-refractivity contribution in [3.8, 4) is 22.8 Å². The molecule has 2 aromatic heterocycles. The number of H-pyrrole nitrogens is 1. The van der Waals surface area contributed by atoms with E-state index in [4.69, 9.17) is 14.5 Å². The molecule has 0 amide bonds. The second-order valence-corrected chi connectivity index (χ2v) is 7.64. The molecular weight excluding hydrogens is 370 g/mol. The molecular formula is C22H21N3O2S. The van der Waals surface area contributed by atoms with Gasteiger partial charge in [0.05, 0.1) is 18.9 Å². The minimum atomic E-state index is 0.689. The fourth-order valence-electron chi connectivity index (χ4n) is 3.45. The third-order valence-corrected chi connectivity index (χ3v) is 5.69. The predicted octanol–water partition coefficient (Wildman–Crippen LogP) is 5.11. The molecule has 142 valence electrons. The van der Waals surface area contributed by atoms with Crippen molar-refractivity contribution >= 4 is 27.4 Å². The van der Waals surface area contributed by atoms with Crippen LogP contribution in [-0.2, 0) is 6.42 Å². The van der Waals surface area contributed by atoms with Gasteiger partial charge in [0.15, 0.2) is 16.6 Å². The van der Waals surface area contributed by atoms with Crippen molar-refractivity contribution in [2.24, 2.45) is 0 Å². The first-order valence-corrected chi connectivity index (χ1v) is 10.4. The van der Waals surface area contributed by atoms with E-state index in [1.165, 1.54) is 16.5 Å². The van der Waals surface area contributed by atoms with Crippen LogP contribution in [0.1, 0.15) is 12.0 Å². The summed E-state index contributed by atoms with van der Waals surface area (Å²) in [6.45, 7) is 2.23. The summed E-state index contributed by atoms with van der Waals surface area (Å²) in [5.41, 5.74) is 4.51. The molecule has 0 spiro atoms. The van der Waals surface area contributed by atoms with E-state index in [1.807, 2.05) is 18.2 Å². The zero-order valence-electron chi connectivity index (χ0n) is 15.4. The van der Waals surface area contributed by atoms with E-state index in [0.717, 1.165) is 47.3 Å². The number of aromatic amines is 1. The first-order valence-electron chi connectivity index (χ1n) is 9.51. The normalized spacial score (nSPS) is 13.4. The van der Waals surface area contributed by atoms with Crippen LogP contribution in [0.2, 0.25) is 0 Å². The molecule has 0 unspecified atom stereocenters. The second-order valence-electron chi connectivity index (χ2n) is 6.79. The minimum absolute atomic E-state index is 0.689. The van der Waals surface area contributed by atoms with E-state index in [1.54, 1.807) is 11.3 Å². The maximum Gasteiger partial charge on any atom is 0.183 e. The quantitative estimate of drug-likeness (QED) is 0.496. The number of hydrogen-bond acceptors (Lipinski definition) is 5. The van der Waals surface area contributed by atoms with Gasteiger partial charge in [0.25, 0.3) is 0 Å². The smallest absolute Gasteiger partial charge is 0.183 e. The number of para-hydroxylation sites is 1. The summed E-state index contributed by atoms with van der Waals surface area (Å²) in [7, 11) is 0. The maximum absolute atomic E-state index is 5.79. The largest absolute Gasteiger partial charge is 0.490 e. The van der Waals surface area contributed by atoms with Gasteiger partial charge in [-0.25, -0.2) is 4.98 Å². The number of nitrogens with one attached hydrogen (secondary N) is 2. The standard InChI is InChI=1S/C22H21N3O2S/c1-2-5-18-17(4-1)16(13-24-18)8-9-23-22-25-19(14-28-22)15-6-7-20-21(12-15)27-11-3-10-26-20/h1-2,4-7,12-14,24H,3,8-11H2,(H,23,25). The van der Waals surface area contributed by atoms with Gasteiger partial charge in [0.1, 0.15) is 0 Å². The molecule has 3 heterocycles. The van der Waals surface area contributed by atoms with Crippen molar-refractivity contribution in [2.45, 2.75) is 12.8 Å². The summed E-state index contributed by atoms with van der Waals surface area (Å²) in [6, 6.07) is 14.4. The Morgan fingerprint density at radius 3 is 2.93 bits per heavy atom. The van der Waals surface area contributed by atoms with Gasteiger partial charge in [-0.3, -0.25) is 0 Å². The van der Waals surface area contributed by atoms with Crippen LogP contribution in [0, 0.1) is 0 Å². The summed E-state index contributed by atoms with van der Waals surface area (Å²) in [4.78, 5) is 8.07. The SMILES string of the molecule is c1ccc2c(CCNc3nc(-c4ccc5c(c4)OCCCO5)cs3)c[nH]c2c1. The average molecular weight is 391 g/mol. The molecule has 0 bridgehead atoms. The van der Waals surface area contributed by atoms with Crippen LogP contribution in [0.15, 0.2) is 54.0 Å². The van der Waals surface area contributed by atoms with Crippen molar-refractivity contribution in [2.75, 3.05) is 25.1 Å². The van der Waals surface area contributed by atoms with Crippen LogP contribution >= 0.6 is 11.3 Å². The highest BCUT2D eigenvalue weighted by Crippen LogP contribution is 2.35. The monoisotopic (exact) mass is 391 g/mol. The number of thiazole rings is 1. The van der Waals surface area contributed by atoms with Crippen molar-refractivity contribution in [1.29, 1.82) is 0 Å². The predicted molar refractivity (Wildman–Crippen MR) is 114 cm³/mol. The molecule has 2 N–H and O–H groups in total. The number of benzene rings is 2. The molecule has 28 heavy (non-hydrogen) atoms. The van der Waals surface area contributed by atoms with Crippen molar-refractivity contribution in [1.82, 2.24) is 9.97 Å². The third-order valence-electron chi connectivity index (χ3n) is 4.89. The lowest BCUT2D eigenvalue weighted by atomic mass is 10.1. The molecule has 0 atom stereocenters. The Bertz CT molecular complexity index is 1100. The van der Waals surface area contributed by atoms with Crippen molar-refractivity contribution < 1.29 is 9.47 Å². The van der Waals surface area contributed by atoms with E-state index >= 15 is 0 Å². The van der Waals surface area contributed by atoms with Crippen molar-refractivity contribution in [3.05, 3.63) is 59.6 Å². The molecule has 6 heteroatoms. The zero-order valence-corrected chi connectivity index (χ0v) is 16.2. The number of nitrogens with zero attached hydrogens (tertiary/aromatic N) is 1. The topological polar surface area (TPSA) is 59.2 Å². The number of hydrogen-bond donors (Lipinski definition) is 2. The molecule has 5 nitrogen and oxygen atoms in total. The Labute approximate surface area is 167 Å². The Balaban J connectivity index is 1.26. The van der Waals surface area contributed by atoms with Gasteiger partial charge in [0.2, 0.25) is 0 Å². The summed E-state index contributed by atoms with van der Waals surface area (Å²) in [5.74, 6) is 1.62. The average Bonchev–Trinajstić information content (AvgIpc) is 3.29. The molecule has 0 saturated carbocycles. The molecule has 1 aliphatic heterocycles. The first-order chi connectivity index (χ1) is 13.9. The second kappa shape index (κ2) is 7.56.